The number of alkyl halides is 4. The third-order valence-corrected chi connectivity index (χ3v) is 3.61. The Morgan fingerprint density at radius 3 is 2.30 bits per heavy atom. The Morgan fingerprint density at radius 2 is 1.85 bits per heavy atom. The first-order valence-corrected chi connectivity index (χ1v) is 7.47. The van der Waals surface area contributed by atoms with Gasteiger partial charge in [-0.1, -0.05) is 20.8 Å². The summed E-state index contributed by atoms with van der Waals surface area (Å²) in [5.41, 5.74) is 0.0514. The predicted molar refractivity (Wildman–Crippen MR) is 81.3 cm³/mol. The normalized spacial score (nSPS) is 14.2. The Labute approximate surface area is 131 Å². The lowest BCUT2D eigenvalue weighted by Gasteiger charge is -2.22. The number of nitrogens with one attached hydrogen (secondary N) is 1. The highest BCUT2D eigenvalue weighted by Gasteiger charge is 2.30. The number of anilines is 1. The summed E-state index contributed by atoms with van der Waals surface area (Å²) in [4.78, 5) is 0. The van der Waals surface area contributed by atoms with E-state index in [4.69, 9.17) is 11.6 Å². The minimum Gasteiger partial charge on any atom is -0.383 e. The highest BCUT2D eigenvalue weighted by molar-refractivity contribution is 9.10. The molecule has 0 saturated carbocycles. The molecule has 0 aromatic heterocycles. The molecule has 1 N–H and O–H groups in total. The average molecular weight is 373 g/mol. The number of hydrogen-bond donors (Lipinski definition) is 1. The molecule has 1 nitrogen and oxygen atoms in total. The summed E-state index contributed by atoms with van der Waals surface area (Å²) < 4.78 is 38.0. The summed E-state index contributed by atoms with van der Waals surface area (Å²) in [6.45, 7) is 6.78. The largest absolute Gasteiger partial charge is 0.416 e. The molecule has 1 aromatic rings. The maximum absolute atomic E-state index is 12.5. The zero-order chi connectivity index (χ0) is 15.6. The van der Waals surface area contributed by atoms with Gasteiger partial charge in [0.25, 0.3) is 0 Å². The van der Waals surface area contributed by atoms with Gasteiger partial charge in [0.1, 0.15) is 0 Å². The van der Waals surface area contributed by atoms with Gasteiger partial charge in [0, 0.05) is 16.7 Å². The number of benzene rings is 1. The van der Waals surface area contributed by atoms with Crippen LogP contribution in [0.1, 0.15) is 32.8 Å². The molecule has 0 aliphatic carbocycles. The van der Waals surface area contributed by atoms with Gasteiger partial charge in [-0.25, -0.2) is 0 Å². The van der Waals surface area contributed by atoms with Crippen molar-refractivity contribution in [1.29, 1.82) is 0 Å². The lowest BCUT2D eigenvalue weighted by Crippen LogP contribution is -2.21. The van der Waals surface area contributed by atoms with Gasteiger partial charge in [0.2, 0.25) is 0 Å². The van der Waals surface area contributed by atoms with Crippen LogP contribution in [0.3, 0.4) is 0 Å². The molecule has 0 heterocycles. The summed E-state index contributed by atoms with van der Waals surface area (Å²) in [5, 5.41) is 2.99. The van der Waals surface area contributed by atoms with Gasteiger partial charge >= 0.3 is 6.18 Å². The van der Waals surface area contributed by atoms with Crippen molar-refractivity contribution in [3.63, 3.8) is 0 Å². The molecule has 0 aliphatic rings. The van der Waals surface area contributed by atoms with E-state index >= 15 is 0 Å². The van der Waals surface area contributed by atoms with Crippen molar-refractivity contribution in [2.24, 2.45) is 5.41 Å². The van der Waals surface area contributed by atoms with Crippen molar-refractivity contribution in [3.05, 3.63) is 28.2 Å². The van der Waals surface area contributed by atoms with E-state index in [1.807, 2.05) is 0 Å². The fourth-order valence-corrected chi connectivity index (χ4v) is 2.85. The molecule has 0 saturated heterocycles. The third-order valence-electron chi connectivity index (χ3n) is 2.64. The van der Waals surface area contributed by atoms with Gasteiger partial charge in [-0.3, -0.25) is 0 Å². The van der Waals surface area contributed by atoms with E-state index in [1.54, 1.807) is 0 Å². The van der Waals surface area contributed by atoms with Crippen molar-refractivity contribution < 1.29 is 13.2 Å². The highest BCUT2D eigenvalue weighted by atomic mass is 79.9. The molecule has 1 aromatic carbocycles. The first kappa shape index (κ1) is 17.6. The second kappa shape index (κ2) is 6.56. The summed E-state index contributed by atoms with van der Waals surface area (Å²) >= 11 is 9.36. The number of hydrogen-bond acceptors (Lipinski definition) is 1. The van der Waals surface area contributed by atoms with Crippen molar-refractivity contribution in [2.45, 2.75) is 38.7 Å². The lowest BCUT2D eigenvalue weighted by molar-refractivity contribution is -0.137. The van der Waals surface area contributed by atoms with Crippen LogP contribution in [0, 0.1) is 5.41 Å². The fourth-order valence-electron chi connectivity index (χ4n) is 1.79. The van der Waals surface area contributed by atoms with Crippen molar-refractivity contribution in [2.75, 3.05) is 11.9 Å². The van der Waals surface area contributed by atoms with E-state index < -0.39 is 11.7 Å². The Morgan fingerprint density at radius 1 is 1.25 bits per heavy atom. The van der Waals surface area contributed by atoms with E-state index in [9.17, 15) is 13.2 Å². The van der Waals surface area contributed by atoms with E-state index in [0.29, 0.717) is 16.7 Å². The molecule has 0 bridgehead atoms. The second-order valence-electron chi connectivity index (χ2n) is 5.94. The number of halogens is 5. The molecule has 114 valence electrons. The van der Waals surface area contributed by atoms with Gasteiger partial charge < -0.3 is 5.32 Å². The molecule has 1 unspecified atom stereocenters. The fraction of sp³-hybridized carbons (Fsp3) is 0.571. The molecular weight excluding hydrogens is 355 g/mol. The molecule has 20 heavy (non-hydrogen) atoms. The van der Waals surface area contributed by atoms with Crippen molar-refractivity contribution in [1.82, 2.24) is 0 Å². The number of rotatable bonds is 4. The second-order valence-corrected chi connectivity index (χ2v) is 7.41. The summed E-state index contributed by atoms with van der Waals surface area (Å²) in [6.07, 6.45) is -3.51. The van der Waals surface area contributed by atoms with Gasteiger partial charge in [0.05, 0.1) is 10.9 Å². The van der Waals surface area contributed by atoms with Crippen LogP contribution in [0.15, 0.2) is 22.7 Å². The van der Waals surface area contributed by atoms with Crippen LogP contribution < -0.4 is 5.32 Å². The van der Waals surface area contributed by atoms with Gasteiger partial charge in [-0.2, -0.15) is 13.2 Å². The predicted octanol–water partition coefficient (Wildman–Crippen LogP) is 5.92. The van der Waals surface area contributed by atoms with E-state index in [2.05, 4.69) is 42.0 Å². The van der Waals surface area contributed by atoms with Gasteiger partial charge in [-0.05, 0) is 46.0 Å². The van der Waals surface area contributed by atoms with Gasteiger partial charge in [-0.15, -0.1) is 11.6 Å². The van der Waals surface area contributed by atoms with Crippen molar-refractivity contribution >= 4 is 33.2 Å². The molecule has 0 amide bonds. The van der Waals surface area contributed by atoms with Crippen LogP contribution >= 0.6 is 27.5 Å². The molecule has 6 heteroatoms. The average Bonchev–Trinajstić information content (AvgIpc) is 2.23. The molecule has 0 aliphatic heterocycles. The smallest absolute Gasteiger partial charge is 0.383 e. The molecule has 1 atom stereocenters. The van der Waals surface area contributed by atoms with E-state index in [0.717, 1.165) is 18.6 Å². The Balaban J connectivity index is 2.66. The summed E-state index contributed by atoms with van der Waals surface area (Å²) in [5.74, 6) is 0. The summed E-state index contributed by atoms with van der Waals surface area (Å²) in [7, 11) is 0. The van der Waals surface area contributed by atoms with Crippen LogP contribution in [-0.2, 0) is 6.18 Å². The van der Waals surface area contributed by atoms with E-state index in [-0.39, 0.29) is 10.8 Å². The van der Waals surface area contributed by atoms with Crippen LogP contribution in [0.2, 0.25) is 0 Å². The van der Waals surface area contributed by atoms with E-state index in [1.165, 1.54) is 6.07 Å². The quantitative estimate of drug-likeness (QED) is 0.647. The summed E-state index contributed by atoms with van der Waals surface area (Å²) in [6, 6.07) is 3.53. The topological polar surface area (TPSA) is 12.0 Å². The Kier molecular flexibility index (Phi) is 5.79. The first-order chi connectivity index (χ1) is 8.99. The van der Waals surface area contributed by atoms with Crippen molar-refractivity contribution in [3.8, 4) is 0 Å². The first-order valence-electron chi connectivity index (χ1n) is 6.24. The third kappa shape index (κ3) is 5.92. The molecule has 0 fully saturated rings. The molecule has 1 rings (SSSR count). The van der Waals surface area contributed by atoms with Crippen LogP contribution in [0.5, 0.6) is 0 Å². The minimum absolute atomic E-state index is 0.0795. The molecular formula is C14H18BrClF3N. The van der Waals surface area contributed by atoms with Gasteiger partial charge in [0.15, 0.2) is 0 Å². The maximum atomic E-state index is 12.5. The lowest BCUT2D eigenvalue weighted by atomic mass is 9.90. The minimum atomic E-state index is -4.33. The monoisotopic (exact) mass is 371 g/mol. The SMILES string of the molecule is CC(C)(C)CC(Cl)CNc1ccc(C(F)(F)F)cc1Br. The molecule has 0 radical (unpaired) electrons. The molecule has 0 spiro atoms. The standard InChI is InChI=1S/C14H18BrClF3N/c1-13(2,3)7-10(16)8-20-12-5-4-9(6-11(12)15)14(17,18)19/h4-6,10,20H,7-8H2,1-3H3. The zero-order valence-electron chi connectivity index (χ0n) is 11.6. The Hall–Kier alpha value is -0.420. The highest BCUT2D eigenvalue weighted by Crippen LogP contribution is 2.34. The van der Waals surface area contributed by atoms with Crippen LogP contribution in [-0.4, -0.2) is 11.9 Å². The Bertz CT molecular complexity index is 455. The maximum Gasteiger partial charge on any atom is 0.416 e. The van der Waals surface area contributed by atoms with Crippen LogP contribution in [0.25, 0.3) is 0 Å². The van der Waals surface area contributed by atoms with Crippen LogP contribution in [0.4, 0.5) is 18.9 Å². The zero-order valence-corrected chi connectivity index (χ0v) is 14.0.